The SMILES string of the molecule is CC(C)(C)OC(=O)c1cc(F)ccc1OCC(=O)O. The normalized spacial score (nSPS) is 10.9. The second kappa shape index (κ2) is 5.69. The predicted octanol–water partition coefficient (Wildman–Crippen LogP) is 2.24. The van der Waals surface area contributed by atoms with Crippen LogP contribution in [-0.2, 0) is 9.53 Å². The molecule has 0 bridgehead atoms. The Bertz CT molecular complexity index is 490. The van der Waals surface area contributed by atoms with Crippen LogP contribution in [-0.4, -0.2) is 29.3 Å². The molecule has 0 fully saturated rings. The molecule has 0 aromatic heterocycles. The zero-order valence-electron chi connectivity index (χ0n) is 10.9. The molecule has 6 heteroatoms. The third-order valence-electron chi connectivity index (χ3n) is 1.91. The molecule has 104 valence electrons. The third-order valence-corrected chi connectivity index (χ3v) is 1.91. The second-order valence-corrected chi connectivity index (χ2v) is 4.82. The summed E-state index contributed by atoms with van der Waals surface area (Å²) >= 11 is 0. The topological polar surface area (TPSA) is 72.8 Å². The van der Waals surface area contributed by atoms with Crippen LogP contribution in [0.25, 0.3) is 0 Å². The van der Waals surface area contributed by atoms with Gasteiger partial charge in [0.15, 0.2) is 6.61 Å². The standard InChI is InChI=1S/C13H15FO5/c1-13(2,3)19-12(17)9-6-8(14)4-5-10(9)18-7-11(15)16/h4-6H,7H2,1-3H3,(H,15,16). The molecule has 0 saturated carbocycles. The fraction of sp³-hybridized carbons (Fsp3) is 0.385. The van der Waals surface area contributed by atoms with Crippen molar-refractivity contribution in [1.82, 2.24) is 0 Å². The van der Waals surface area contributed by atoms with Gasteiger partial charge in [0.2, 0.25) is 0 Å². The van der Waals surface area contributed by atoms with E-state index in [0.29, 0.717) is 0 Å². The van der Waals surface area contributed by atoms with Crippen molar-refractivity contribution in [1.29, 1.82) is 0 Å². The van der Waals surface area contributed by atoms with Crippen LogP contribution >= 0.6 is 0 Å². The van der Waals surface area contributed by atoms with E-state index in [1.807, 2.05) is 0 Å². The number of hydrogen-bond donors (Lipinski definition) is 1. The lowest BCUT2D eigenvalue weighted by atomic mass is 10.1. The summed E-state index contributed by atoms with van der Waals surface area (Å²) in [6.45, 7) is 4.38. The molecule has 1 aromatic carbocycles. The van der Waals surface area contributed by atoms with Crippen LogP contribution in [0, 0.1) is 5.82 Å². The lowest BCUT2D eigenvalue weighted by Gasteiger charge is -2.20. The van der Waals surface area contributed by atoms with E-state index in [1.54, 1.807) is 20.8 Å². The number of carboxylic acids is 1. The van der Waals surface area contributed by atoms with Crippen LogP contribution in [0.1, 0.15) is 31.1 Å². The summed E-state index contributed by atoms with van der Waals surface area (Å²) in [6, 6.07) is 3.22. The molecule has 0 saturated heterocycles. The van der Waals surface area contributed by atoms with Gasteiger partial charge >= 0.3 is 11.9 Å². The molecular formula is C13H15FO5. The van der Waals surface area contributed by atoms with E-state index in [2.05, 4.69) is 0 Å². The number of carboxylic acid groups (broad SMARTS) is 1. The van der Waals surface area contributed by atoms with Gasteiger partial charge in [0.05, 0.1) is 0 Å². The van der Waals surface area contributed by atoms with Gasteiger partial charge in [0.25, 0.3) is 0 Å². The second-order valence-electron chi connectivity index (χ2n) is 4.82. The molecule has 0 unspecified atom stereocenters. The van der Waals surface area contributed by atoms with Crippen LogP contribution in [0.15, 0.2) is 18.2 Å². The van der Waals surface area contributed by atoms with Crippen molar-refractivity contribution in [2.24, 2.45) is 0 Å². The molecule has 0 atom stereocenters. The van der Waals surface area contributed by atoms with Crippen molar-refractivity contribution in [3.05, 3.63) is 29.6 Å². The summed E-state index contributed by atoms with van der Waals surface area (Å²) in [7, 11) is 0. The number of halogens is 1. The van der Waals surface area contributed by atoms with Crippen LogP contribution in [0.5, 0.6) is 5.75 Å². The Morgan fingerprint density at radius 3 is 2.47 bits per heavy atom. The van der Waals surface area contributed by atoms with Gasteiger partial charge < -0.3 is 14.6 Å². The summed E-state index contributed by atoms with van der Waals surface area (Å²) < 4.78 is 23.2. The predicted molar refractivity (Wildman–Crippen MR) is 64.7 cm³/mol. The van der Waals surface area contributed by atoms with E-state index in [4.69, 9.17) is 14.6 Å². The van der Waals surface area contributed by atoms with Gasteiger partial charge in [-0.15, -0.1) is 0 Å². The first kappa shape index (κ1) is 14.9. The van der Waals surface area contributed by atoms with Crippen molar-refractivity contribution in [3.8, 4) is 5.75 Å². The maximum atomic E-state index is 13.2. The number of benzene rings is 1. The smallest absolute Gasteiger partial charge is 0.342 e. The number of aliphatic carboxylic acids is 1. The van der Waals surface area contributed by atoms with Crippen LogP contribution in [0.4, 0.5) is 4.39 Å². The average Bonchev–Trinajstić information content (AvgIpc) is 2.24. The Morgan fingerprint density at radius 1 is 1.32 bits per heavy atom. The third kappa shape index (κ3) is 4.95. The quantitative estimate of drug-likeness (QED) is 0.849. The number of rotatable bonds is 4. The largest absolute Gasteiger partial charge is 0.481 e. The molecular weight excluding hydrogens is 255 g/mol. The zero-order chi connectivity index (χ0) is 14.6. The van der Waals surface area contributed by atoms with Gasteiger partial charge in [0, 0.05) is 0 Å². The molecule has 5 nitrogen and oxygen atoms in total. The van der Waals surface area contributed by atoms with E-state index in [9.17, 15) is 14.0 Å². The maximum Gasteiger partial charge on any atom is 0.342 e. The molecule has 1 N–H and O–H groups in total. The van der Waals surface area contributed by atoms with Gasteiger partial charge in [0.1, 0.15) is 22.7 Å². The lowest BCUT2D eigenvalue weighted by molar-refractivity contribution is -0.139. The van der Waals surface area contributed by atoms with Crippen molar-refractivity contribution in [3.63, 3.8) is 0 Å². The number of ether oxygens (including phenoxy) is 2. The summed E-state index contributed by atoms with van der Waals surface area (Å²) in [6.07, 6.45) is 0. The van der Waals surface area contributed by atoms with Gasteiger partial charge in [-0.1, -0.05) is 0 Å². The van der Waals surface area contributed by atoms with Gasteiger partial charge in [-0.05, 0) is 39.0 Å². The van der Waals surface area contributed by atoms with E-state index in [0.717, 1.165) is 12.1 Å². The summed E-state index contributed by atoms with van der Waals surface area (Å²) in [5.74, 6) is -2.63. The van der Waals surface area contributed by atoms with Gasteiger partial charge in [-0.3, -0.25) is 0 Å². The van der Waals surface area contributed by atoms with Crippen molar-refractivity contribution < 1.29 is 28.6 Å². The highest BCUT2D eigenvalue weighted by Crippen LogP contribution is 2.23. The molecule has 0 radical (unpaired) electrons. The summed E-state index contributed by atoms with van der Waals surface area (Å²) in [5, 5.41) is 8.53. The molecule has 0 heterocycles. The average molecular weight is 270 g/mol. The molecule has 0 spiro atoms. The number of esters is 1. The first-order valence-electron chi connectivity index (χ1n) is 5.56. The highest BCUT2D eigenvalue weighted by atomic mass is 19.1. The minimum Gasteiger partial charge on any atom is -0.481 e. The number of carbonyl (C=O) groups is 2. The molecule has 0 aliphatic heterocycles. The van der Waals surface area contributed by atoms with Crippen LogP contribution in [0.2, 0.25) is 0 Å². The Hall–Kier alpha value is -2.11. The Kier molecular flexibility index (Phi) is 4.47. The fourth-order valence-electron chi connectivity index (χ4n) is 1.26. The minimum atomic E-state index is -1.19. The highest BCUT2D eigenvalue weighted by Gasteiger charge is 2.22. The minimum absolute atomic E-state index is 0.0296. The van der Waals surface area contributed by atoms with Crippen molar-refractivity contribution in [2.45, 2.75) is 26.4 Å². The molecule has 0 aliphatic rings. The van der Waals surface area contributed by atoms with E-state index in [-0.39, 0.29) is 11.3 Å². The molecule has 0 aliphatic carbocycles. The number of carbonyl (C=O) groups excluding carboxylic acids is 1. The maximum absolute atomic E-state index is 13.2. The first-order valence-corrected chi connectivity index (χ1v) is 5.56. The summed E-state index contributed by atoms with van der Waals surface area (Å²) in [5.41, 5.74) is -0.885. The van der Waals surface area contributed by atoms with E-state index in [1.165, 1.54) is 6.07 Å². The first-order chi connectivity index (χ1) is 8.69. The molecule has 1 aromatic rings. The number of hydrogen-bond acceptors (Lipinski definition) is 4. The van der Waals surface area contributed by atoms with Crippen LogP contribution < -0.4 is 4.74 Å². The lowest BCUT2D eigenvalue weighted by Crippen LogP contribution is -2.24. The van der Waals surface area contributed by atoms with E-state index >= 15 is 0 Å². The Balaban J connectivity index is 2.99. The summed E-state index contributed by atoms with van der Waals surface area (Å²) in [4.78, 5) is 22.3. The fourth-order valence-corrected chi connectivity index (χ4v) is 1.26. The Morgan fingerprint density at radius 2 is 1.95 bits per heavy atom. The van der Waals surface area contributed by atoms with E-state index < -0.39 is 30.0 Å². The zero-order valence-corrected chi connectivity index (χ0v) is 10.9. The van der Waals surface area contributed by atoms with Crippen molar-refractivity contribution >= 4 is 11.9 Å². The Labute approximate surface area is 109 Å². The van der Waals surface area contributed by atoms with Crippen LogP contribution in [0.3, 0.4) is 0 Å². The molecule has 1 rings (SSSR count). The van der Waals surface area contributed by atoms with Gasteiger partial charge in [-0.25, -0.2) is 14.0 Å². The highest BCUT2D eigenvalue weighted by molar-refractivity contribution is 5.92. The molecule has 19 heavy (non-hydrogen) atoms. The van der Waals surface area contributed by atoms with Gasteiger partial charge in [-0.2, -0.15) is 0 Å². The van der Waals surface area contributed by atoms with Crippen molar-refractivity contribution in [2.75, 3.05) is 6.61 Å². The monoisotopic (exact) mass is 270 g/mol. The molecule has 0 amide bonds.